The Bertz CT molecular complexity index is 2290. The molecule has 0 unspecified atom stereocenters. The number of aromatic nitrogens is 3. The zero-order chi connectivity index (χ0) is 30.9. The molecule has 8 aromatic rings. The standard InChI is InChI=1S/C26H15N2O.C15H16N.Ir/c1-2-5-18-14-19(8-7-17(18)4-1)20-9-12-27-24(16-20)23-15-21-10-13-29-26(21)25-22(23)6-3-11-28-25;1-10-5-6-14(7-11(10)2)15-8-12(3)13(4)9-16-15;/h1-14,16H;5,7-9H,1-4H3;/q2*-1;. The van der Waals surface area contributed by atoms with Crippen LogP contribution < -0.4 is 0 Å². The van der Waals surface area contributed by atoms with E-state index in [9.17, 15) is 0 Å². The minimum absolute atomic E-state index is 0. The quantitative estimate of drug-likeness (QED) is 0.168. The molecule has 1 radical (unpaired) electrons. The summed E-state index contributed by atoms with van der Waals surface area (Å²) in [5.74, 6) is 0. The molecule has 5 heteroatoms. The molecule has 0 spiro atoms. The number of hydrogen-bond donors (Lipinski definition) is 0. The summed E-state index contributed by atoms with van der Waals surface area (Å²) in [6.07, 6.45) is 7.24. The Labute approximate surface area is 282 Å². The van der Waals surface area contributed by atoms with Crippen LogP contribution in [0.3, 0.4) is 0 Å². The zero-order valence-corrected chi connectivity index (χ0v) is 28.4. The van der Waals surface area contributed by atoms with Crippen molar-refractivity contribution in [3.8, 4) is 33.6 Å². The minimum atomic E-state index is 0. The monoisotopic (exact) mass is 774 g/mol. The Kier molecular flexibility index (Phi) is 8.89. The van der Waals surface area contributed by atoms with Gasteiger partial charge in [0.05, 0.1) is 5.58 Å². The normalized spacial score (nSPS) is 10.9. The van der Waals surface area contributed by atoms with E-state index in [-0.39, 0.29) is 20.1 Å². The van der Waals surface area contributed by atoms with Gasteiger partial charge in [-0.3, -0.25) is 9.97 Å². The summed E-state index contributed by atoms with van der Waals surface area (Å²) in [6.45, 7) is 8.41. The Morgan fingerprint density at radius 2 is 1.43 bits per heavy atom. The predicted molar refractivity (Wildman–Crippen MR) is 184 cm³/mol. The number of pyridine rings is 3. The van der Waals surface area contributed by atoms with Gasteiger partial charge in [0, 0.05) is 56.2 Å². The molecule has 0 amide bonds. The van der Waals surface area contributed by atoms with E-state index < -0.39 is 0 Å². The van der Waals surface area contributed by atoms with Gasteiger partial charge in [-0.15, -0.1) is 41.0 Å². The van der Waals surface area contributed by atoms with Crippen molar-refractivity contribution in [2.75, 3.05) is 0 Å². The van der Waals surface area contributed by atoms with Crippen molar-refractivity contribution in [2.24, 2.45) is 0 Å². The van der Waals surface area contributed by atoms with Gasteiger partial charge in [-0.05, 0) is 59.1 Å². The fraction of sp³-hybridized carbons (Fsp3) is 0.0976. The predicted octanol–water partition coefficient (Wildman–Crippen LogP) is 10.4. The molecular weight excluding hydrogens is 743 g/mol. The molecule has 0 aliphatic carbocycles. The molecular formula is C41H31IrN3O-2. The molecule has 8 rings (SSSR count). The Balaban J connectivity index is 0.000000187. The van der Waals surface area contributed by atoms with E-state index in [0.29, 0.717) is 0 Å². The topological polar surface area (TPSA) is 51.8 Å². The van der Waals surface area contributed by atoms with Crippen molar-refractivity contribution in [3.63, 3.8) is 0 Å². The van der Waals surface area contributed by atoms with Gasteiger partial charge < -0.3 is 9.40 Å². The molecule has 0 fully saturated rings. The second-order valence-corrected chi connectivity index (χ2v) is 11.4. The molecule has 0 aliphatic heterocycles. The third kappa shape index (κ3) is 6.12. The van der Waals surface area contributed by atoms with Crippen molar-refractivity contribution < 1.29 is 24.5 Å². The van der Waals surface area contributed by atoms with Crippen LogP contribution in [0.2, 0.25) is 0 Å². The maximum atomic E-state index is 5.64. The first-order valence-electron chi connectivity index (χ1n) is 15.0. The van der Waals surface area contributed by atoms with E-state index in [4.69, 9.17) is 4.42 Å². The van der Waals surface area contributed by atoms with Crippen LogP contribution in [0.25, 0.3) is 66.3 Å². The number of aryl methyl sites for hydroxylation is 4. The third-order valence-corrected chi connectivity index (χ3v) is 8.39. The molecule has 0 aliphatic rings. The second-order valence-electron chi connectivity index (χ2n) is 11.4. The zero-order valence-electron chi connectivity index (χ0n) is 26.1. The first-order chi connectivity index (χ1) is 21.9. The maximum absolute atomic E-state index is 5.64. The summed E-state index contributed by atoms with van der Waals surface area (Å²) in [4.78, 5) is 13.6. The van der Waals surface area contributed by atoms with Crippen molar-refractivity contribution in [2.45, 2.75) is 27.7 Å². The van der Waals surface area contributed by atoms with E-state index in [2.05, 4.69) is 115 Å². The average molecular weight is 774 g/mol. The first kappa shape index (κ1) is 31.0. The van der Waals surface area contributed by atoms with E-state index in [1.54, 1.807) is 12.5 Å². The summed E-state index contributed by atoms with van der Waals surface area (Å²) < 4.78 is 5.64. The molecule has 227 valence electrons. The molecule has 4 nitrogen and oxygen atoms in total. The third-order valence-electron chi connectivity index (χ3n) is 8.39. The van der Waals surface area contributed by atoms with Crippen LogP contribution in [-0.2, 0) is 20.1 Å². The molecule has 4 aromatic heterocycles. The smallest absolute Gasteiger partial charge is 0.0847 e. The molecule has 0 saturated carbocycles. The van der Waals surface area contributed by atoms with Crippen LogP contribution in [0.4, 0.5) is 0 Å². The molecule has 0 bridgehead atoms. The van der Waals surface area contributed by atoms with Crippen LogP contribution in [-0.4, -0.2) is 15.0 Å². The van der Waals surface area contributed by atoms with Gasteiger partial charge in [-0.25, -0.2) is 0 Å². The number of benzene rings is 4. The SMILES string of the molecule is Cc1c[c-]c(-c2cc(C)c(C)cn2)cc1C.[Ir].[c-]1c(-c2cc(-c3ccc4ccccc4c3)ccn2)c2cccnc2c2occc12. The van der Waals surface area contributed by atoms with Crippen LogP contribution in [0.5, 0.6) is 0 Å². The number of hydrogen-bond acceptors (Lipinski definition) is 4. The summed E-state index contributed by atoms with van der Waals surface area (Å²) in [6, 6.07) is 38.0. The average Bonchev–Trinajstić information content (AvgIpc) is 3.56. The van der Waals surface area contributed by atoms with Crippen molar-refractivity contribution in [3.05, 3.63) is 150 Å². The molecule has 0 N–H and O–H groups in total. The number of fused-ring (bicyclic) bond motifs is 4. The van der Waals surface area contributed by atoms with E-state index >= 15 is 0 Å². The van der Waals surface area contributed by atoms with E-state index in [0.717, 1.165) is 50.0 Å². The Morgan fingerprint density at radius 3 is 2.26 bits per heavy atom. The summed E-state index contributed by atoms with van der Waals surface area (Å²) in [5, 5.41) is 4.35. The van der Waals surface area contributed by atoms with Crippen molar-refractivity contribution >= 4 is 32.6 Å². The minimum Gasteiger partial charge on any atom is -0.506 e. The Hall–Kier alpha value is -4.96. The van der Waals surface area contributed by atoms with Gasteiger partial charge in [0.2, 0.25) is 0 Å². The molecule has 4 heterocycles. The fourth-order valence-corrected chi connectivity index (χ4v) is 5.49. The van der Waals surface area contributed by atoms with Crippen LogP contribution in [0.1, 0.15) is 22.3 Å². The molecule has 0 saturated heterocycles. The van der Waals surface area contributed by atoms with Crippen LogP contribution in [0.15, 0.2) is 120 Å². The number of furan rings is 1. The van der Waals surface area contributed by atoms with Gasteiger partial charge in [-0.1, -0.05) is 102 Å². The van der Waals surface area contributed by atoms with E-state index in [1.807, 2.05) is 42.7 Å². The fourth-order valence-electron chi connectivity index (χ4n) is 5.49. The number of rotatable bonds is 3. The van der Waals surface area contributed by atoms with Crippen molar-refractivity contribution in [1.82, 2.24) is 15.0 Å². The maximum Gasteiger partial charge on any atom is 0.0847 e. The van der Waals surface area contributed by atoms with Gasteiger partial charge in [0.25, 0.3) is 0 Å². The van der Waals surface area contributed by atoms with Gasteiger partial charge in [0.15, 0.2) is 0 Å². The summed E-state index contributed by atoms with van der Waals surface area (Å²) >= 11 is 0. The van der Waals surface area contributed by atoms with Crippen LogP contribution >= 0.6 is 0 Å². The van der Waals surface area contributed by atoms with Crippen LogP contribution in [0, 0.1) is 39.8 Å². The molecule has 0 atom stereocenters. The number of nitrogens with zero attached hydrogens (tertiary/aromatic N) is 3. The first-order valence-corrected chi connectivity index (χ1v) is 15.0. The van der Waals surface area contributed by atoms with Crippen molar-refractivity contribution in [1.29, 1.82) is 0 Å². The summed E-state index contributed by atoms with van der Waals surface area (Å²) in [7, 11) is 0. The van der Waals surface area contributed by atoms with E-state index in [1.165, 1.54) is 38.6 Å². The molecule has 46 heavy (non-hydrogen) atoms. The Morgan fingerprint density at radius 1 is 0.630 bits per heavy atom. The molecule has 4 aromatic carbocycles. The van der Waals surface area contributed by atoms with Gasteiger partial charge in [-0.2, -0.15) is 0 Å². The summed E-state index contributed by atoms with van der Waals surface area (Å²) in [5.41, 5.74) is 12.8. The largest absolute Gasteiger partial charge is 0.506 e. The van der Waals surface area contributed by atoms with Gasteiger partial charge in [0.1, 0.15) is 0 Å². The van der Waals surface area contributed by atoms with Gasteiger partial charge >= 0.3 is 0 Å². The second kappa shape index (κ2) is 13.2.